The summed E-state index contributed by atoms with van der Waals surface area (Å²) in [6.07, 6.45) is 5.18. The summed E-state index contributed by atoms with van der Waals surface area (Å²) in [5.41, 5.74) is 2.47. The minimum Gasteiger partial charge on any atom is -0.308 e. The number of rotatable bonds is 5. The van der Waals surface area contributed by atoms with Gasteiger partial charge < -0.3 is 5.32 Å². The normalized spacial score (nSPS) is 12.9. The van der Waals surface area contributed by atoms with E-state index in [-0.39, 0.29) is 0 Å². The molecule has 0 radical (unpaired) electrons. The first-order valence-electron chi connectivity index (χ1n) is 6.49. The lowest BCUT2D eigenvalue weighted by Crippen LogP contribution is -2.27. The molecule has 0 aliphatic rings. The Morgan fingerprint density at radius 3 is 2.95 bits per heavy atom. The molecule has 3 nitrogen and oxygen atoms in total. The van der Waals surface area contributed by atoms with E-state index in [1.54, 1.807) is 11.3 Å². The van der Waals surface area contributed by atoms with E-state index in [0.29, 0.717) is 6.04 Å². The van der Waals surface area contributed by atoms with Crippen molar-refractivity contribution in [3.63, 3.8) is 0 Å². The van der Waals surface area contributed by atoms with Crippen LogP contribution in [0.25, 0.3) is 4.96 Å². The molecule has 1 N–H and O–H groups in total. The molecule has 1 aromatic carbocycles. The molecule has 0 saturated heterocycles. The van der Waals surface area contributed by atoms with Crippen LogP contribution in [-0.4, -0.2) is 15.4 Å². The number of benzene rings is 1. The fraction of sp³-hybridized carbons (Fsp3) is 0.267. The third-order valence-electron chi connectivity index (χ3n) is 3.16. The van der Waals surface area contributed by atoms with Crippen LogP contribution >= 0.6 is 11.3 Å². The Morgan fingerprint density at radius 2 is 2.16 bits per heavy atom. The minimum absolute atomic E-state index is 0.446. The summed E-state index contributed by atoms with van der Waals surface area (Å²) in [5.74, 6) is 0. The highest BCUT2D eigenvalue weighted by Crippen LogP contribution is 2.11. The van der Waals surface area contributed by atoms with E-state index in [2.05, 4.69) is 63.5 Å². The quantitative estimate of drug-likeness (QED) is 0.772. The summed E-state index contributed by atoms with van der Waals surface area (Å²) in [6.45, 7) is 3.04. The number of thiazole rings is 1. The molecule has 4 heteroatoms. The van der Waals surface area contributed by atoms with E-state index >= 15 is 0 Å². The molecular formula is C15H17N3S. The van der Waals surface area contributed by atoms with Crippen LogP contribution in [0.5, 0.6) is 0 Å². The summed E-state index contributed by atoms with van der Waals surface area (Å²) in [5, 5.41) is 5.58. The third-order valence-corrected chi connectivity index (χ3v) is 3.93. The third kappa shape index (κ3) is 3.03. The average Bonchev–Trinajstić information content (AvgIpc) is 2.98. The lowest BCUT2D eigenvalue weighted by Gasteiger charge is -2.12. The molecule has 0 amide bonds. The van der Waals surface area contributed by atoms with E-state index < -0.39 is 0 Å². The van der Waals surface area contributed by atoms with Gasteiger partial charge in [0.05, 0.1) is 5.69 Å². The van der Waals surface area contributed by atoms with Gasteiger partial charge in [0.1, 0.15) is 0 Å². The predicted octanol–water partition coefficient (Wildman–Crippen LogP) is 3.12. The molecular weight excluding hydrogens is 254 g/mol. The van der Waals surface area contributed by atoms with Gasteiger partial charge in [0, 0.05) is 30.4 Å². The summed E-state index contributed by atoms with van der Waals surface area (Å²) < 4.78 is 2.07. The van der Waals surface area contributed by atoms with Crippen molar-refractivity contribution < 1.29 is 0 Å². The van der Waals surface area contributed by atoms with Crippen molar-refractivity contribution >= 4 is 16.3 Å². The van der Waals surface area contributed by atoms with Crippen molar-refractivity contribution in [2.24, 2.45) is 0 Å². The Bertz CT molecular complexity index is 613. The molecule has 0 spiro atoms. The molecule has 0 fully saturated rings. The fourth-order valence-electron chi connectivity index (χ4n) is 2.18. The van der Waals surface area contributed by atoms with Gasteiger partial charge in [0.15, 0.2) is 4.96 Å². The molecule has 1 unspecified atom stereocenters. The SMILES string of the molecule is CC(Cc1ccccc1)NCc1cn2ccsc2n1. The van der Waals surface area contributed by atoms with E-state index in [1.807, 2.05) is 6.20 Å². The van der Waals surface area contributed by atoms with Crippen molar-refractivity contribution in [1.82, 2.24) is 14.7 Å². The molecule has 98 valence electrons. The maximum absolute atomic E-state index is 4.57. The Morgan fingerprint density at radius 1 is 1.32 bits per heavy atom. The van der Waals surface area contributed by atoms with E-state index in [0.717, 1.165) is 23.6 Å². The highest BCUT2D eigenvalue weighted by atomic mass is 32.1. The molecule has 1 atom stereocenters. The Balaban J connectivity index is 1.55. The number of hydrogen-bond donors (Lipinski definition) is 1. The van der Waals surface area contributed by atoms with Crippen molar-refractivity contribution in [1.29, 1.82) is 0 Å². The van der Waals surface area contributed by atoms with E-state index in [9.17, 15) is 0 Å². The molecule has 3 aromatic rings. The minimum atomic E-state index is 0.446. The second-order valence-corrected chi connectivity index (χ2v) is 5.67. The molecule has 0 aliphatic carbocycles. The Labute approximate surface area is 116 Å². The van der Waals surface area contributed by atoms with Gasteiger partial charge >= 0.3 is 0 Å². The van der Waals surface area contributed by atoms with Crippen LogP contribution in [0.15, 0.2) is 48.1 Å². The van der Waals surface area contributed by atoms with Crippen LogP contribution in [-0.2, 0) is 13.0 Å². The topological polar surface area (TPSA) is 29.3 Å². The fourth-order valence-corrected chi connectivity index (χ4v) is 2.90. The number of nitrogens with zero attached hydrogens (tertiary/aromatic N) is 2. The van der Waals surface area contributed by atoms with Gasteiger partial charge in [0.2, 0.25) is 0 Å². The predicted molar refractivity (Wildman–Crippen MR) is 79.5 cm³/mol. The highest BCUT2D eigenvalue weighted by Gasteiger charge is 2.06. The summed E-state index contributed by atoms with van der Waals surface area (Å²) in [6, 6.07) is 11.0. The first-order chi connectivity index (χ1) is 9.31. The number of nitrogens with one attached hydrogen (secondary N) is 1. The Kier molecular flexibility index (Phi) is 3.62. The second-order valence-electron chi connectivity index (χ2n) is 4.80. The van der Waals surface area contributed by atoms with Gasteiger partial charge in [-0.3, -0.25) is 4.40 Å². The van der Waals surface area contributed by atoms with Crippen LogP contribution in [0.1, 0.15) is 18.2 Å². The largest absolute Gasteiger partial charge is 0.308 e. The van der Waals surface area contributed by atoms with Gasteiger partial charge in [-0.15, -0.1) is 11.3 Å². The summed E-state index contributed by atoms with van der Waals surface area (Å²) in [7, 11) is 0. The molecule has 2 aromatic heterocycles. The molecule has 2 heterocycles. The highest BCUT2D eigenvalue weighted by molar-refractivity contribution is 7.15. The van der Waals surface area contributed by atoms with Gasteiger partial charge in [0.25, 0.3) is 0 Å². The molecule has 0 saturated carbocycles. The summed E-state index contributed by atoms with van der Waals surface area (Å²) in [4.78, 5) is 5.63. The standard InChI is InChI=1S/C15H17N3S/c1-12(9-13-5-3-2-4-6-13)16-10-14-11-18-7-8-19-15(18)17-14/h2-8,11-12,16H,9-10H2,1H3. The van der Waals surface area contributed by atoms with E-state index in [1.165, 1.54) is 5.56 Å². The maximum Gasteiger partial charge on any atom is 0.193 e. The van der Waals surface area contributed by atoms with Crippen molar-refractivity contribution in [3.8, 4) is 0 Å². The lowest BCUT2D eigenvalue weighted by atomic mass is 10.1. The van der Waals surface area contributed by atoms with Crippen LogP contribution in [0.4, 0.5) is 0 Å². The number of aromatic nitrogens is 2. The van der Waals surface area contributed by atoms with Gasteiger partial charge in [-0.1, -0.05) is 30.3 Å². The molecule has 0 bridgehead atoms. The maximum atomic E-state index is 4.57. The first-order valence-corrected chi connectivity index (χ1v) is 7.37. The van der Waals surface area contributed by atoms with Crippen LogP contribution in [0.2, 0.25) is 0 Å². The van der Waals surface area contributed by atoms with Crippen LogP contribution < -0.4 is 5.32 Å². The number of hydrogen-bond acceptors (Lipinski definition) is 3. The molecule has 19 heavy (non-hydrogen) atoms. The van der Waals surface area contributed by atoms with Crippen molar-refractivity contribution in [2.75, 3.05) is 0 Å². The molecule has 0 aliphatic heterocycles. The number of imidazole rings is 1. The monoisotopic (exact) mass is 271 g/mol. The van der Waals surface area contributed by atoms with Gasteiger partial charge in [-0.05, 0) is 18.9 Å². The summed E-state index contributed by atoms with van der Waals surface area (Å²) >= 11 is 1.67. The van der Waals surface area contributed by atoms with Gasteiger partial charge in [-0.2, -0.15) is 0 Å². The van der Waals surface area contributed by atoms with Crippen molar-refractivity contribution in [2.45, 2.75) is 25.9 Å². The second kappa shape index (κ2) is 5.55. The van der Waals surface area contributed by atoms with Gasteiger partial charge in [-0.25, -0.2) is 4.98 Å². The average molecular weight is 271 g/mol. The first kappa shape index (κ1) is 12.4. The Hall–Kier alpha value is -1.65. The number of fused-ring (bicyclic) bond motifs is 1. The van der Waals surface area contributed by atoms with Crippen LogP contribution in [0.3, 0.4) is 0 Å². The van der Waals surface area contributed by atoms with E-state index in [4.69, 9.17) is 0 Å². The zero-order valence-corrected chi connectivity index (χ0v) is 11.7. The zero-order valence-electron chi connectivity index (χ0n) is 10.9. The zero-order chi connectivity index (χ0) is 13.1. The van der Waals surface area contributed by atoms with Crippen molar-refractivity contribution in [3.05, 3.63) is 59.4 Å². The smallest absolute Gasteiger partial charge is 0.193 e. The van der Waals surface area contributed by atoms with Crippen LogP contribution in [0, 0.1) is 0 Å². The lowest BCUT2D eigenvalue weighted by molar-refractivity contribution is 0.541. The molecule has 3 rings (SSSR count).